The Labute approximate surface area is 126 Å². The van der Waals surface area contributed by atoms with Crippen LogP contribution in [0.2, 0.25) is 0 Å². The number of amides is 1. The first kappa shape index (κ1) is 18.0. The van der Waals surface area contributed by atoms with Gasteiger partial charge in [0.25, 0.3) is 0 Å². The topological polar surface area (TPSA) is 66.4 Å². The molecule has 1 aromatic rings. The number of rotatable bonds is 6. The Morgan fingerprint density at radius 2 is 1.77 bits per heavy atom. The van der Waals surface area contributed by atoms with Crippen molar-refractivity contribution in [1.29, 1.82) is 0 Å². The molecule has 0 saturated heterocycles. The van der Waals surface area contributed by atoms with Crippen molar-refractivity contribution in [2.75, 3.05) is 6.54 Å². The van der Waals surface area contributed by atoms with E-state index in [9.17, 15) is 22.8 Å². The highest BCUT2D eigenvalue weighted by molar-refractivity contribution is 5.87. The van der Waals surface area contributed by atoms with Crippen molar-refractivity contribution in [3.05, 3.63) is 35.4 Å². The van der Waals surface area contributed by atoms with E-state index in [0.29, 0.717) is 0 Å². The molecule has 0 radical (unpaired) electrons. The number of benzene rings is 1. The summed E-state index contributed by atoms with van der Waals surface area (Å²) in [6, 6.07) is 4.63. The summed E-state index contributed by atoms with van der Waals surface area (Å²) < 4.78 is 38.2. The minimum Gasteiger partial charge on any atom is -0.481 e. The molecule has 4 nitrogen and oxygen atoms in total. The van der Waals surface area contributed by atoms with Gasteiger partial charge in [-0.05, 0) is 31.9 Å². The van der Waals surface area contributed by atoms with E-state index < -0.39 is 29.0 Å². The van der Waals surface area contributed by atoms with Gasteiger partial charge in [0.15, 0.2) is 0 Å². The summed E-state index contributed by atoms with van der Waals surface area (Å²) in [7, 11) is 0. The Morgan fingerprint density at radius 1 is 1.18 bits per heavy atom. The van der Waals surface area contributed by atoms with Crippen LogP contribution in [-0.2, 0) is 21.2 Å². The third kappa shape index (κ3) is 4.75. The maximum absolute atomic E-state index is 12.7. The lowest BCUT2D eigenvalue weighted by atomic mass is 9.83. The Hall–Kier alpha value is -2.05. The van der Waals surface area contributed by atoms with Gasteiger partial charge in [0, 0.05) is 13.0 Å². The van der Waals surface area contributed by atoms with E-state index in [4.69, 9.17) is 5.11 Å². The normalized spacial score (nSPS) is 12.0. The molecule has 22 heavy (non-hydrogen) atoms. The monoisotopic (exact) mass is 317 g/mol. The van der Waals surface area contributed by atoms with E-state index in [1.54, 1.807) is 0 Å². The average Bonchev–Trinajstić information content (AvgIpc) is 2.42. The first-order valence-corrected chi connectivity index (χ1v) is 6.73. The van der Waals surface area contributed by atoms with Crippen LogP contribution in [0.3, 0.4) is 0 Å². The van der Waals surface area contributed by atoms with Crippen molar-refractivity contribution in [2.24, 2.45) is 0 Å². The van der Waals surface area contributed by atoms with E-state index in [1.165, 1.54) is 26.0 Å². The smallest absolute Gasteiger partial charge is 0.416 e. The number of hydrogen-bond acceptors (Lipinski definition) is 2. The van der Waals surface area contributed by atoms with Gasteiger partial charge in [-0.15, -0.1) is 0 Å². The zero-order valence-corrected chi connectivity index (χ0v) is 12.3. The molecular formula is C15H18F3NO3. The number of carboxylic acids is 1. The minimum absolute atomic E-state index is 0.0791. The summed E-state index contributed by atoms with van der Waals surface area (Å²) in [5.74, 6) is -1.41. The van der Waals surface area contributed by atoms with Gasteiger partial charge in [0.2, 0.25) is 5.91 Å². The molecule has 1 amide bonds. The van der Waals surface area contributed by atoms with Crippen molar-refractivity contribution >= 4 is 11.9 Å². The zero-order valence-electron chi connectivity index (χ0n) is 12.3. The lowest BCUT2D eigenvalue weighted by Gasteiger charge is -2.25. The van der Waals surface area contributed by atoms with Crippen LogP contribution in [0.25, 0.3) is 0 Å². The standard InChI is InChI=1S/C15H18F3NO3/c1-14(2,13(22)19-8-4-7-12(20)21)10-5-3-6-11(9-10)15(16,17)18/h3,5-6,9H,4,7-8H2,1-2H3,(H,19,22)(H,20,21). The number of aliphatic carboxylic acids is 1. The zero-order chi connectivity index (χ0) is 17.0. The molecule has 0 aliphatic heterocycles. The molecule has 0 unspecified atom stereocenters. The van der Waals surface area contributed by atoms with Crippen molar-refractivity contribution < 1.29 is 27.9 Å². The molecular weight excluding hydrogens is 299 g/mol. The van der Waals surface area contributed by atoms with Gasteiger partial charge in [-0.2, -0.15) is 13.2 Å². The molecule has 0 fully saturated rings. The molecule has 1 rings (SSSR count). The van der Waals surface area contributed by atoms with Crippen LogP contribution in [0.5, 0.6) is 0 Å². The molecule has 0 atom stereocenters. The van der Waals surface area contributed by atoms with Gasteiger partial charge < -0.3 is 10.4 Å². The van der Waals surface area contributed by atoms with E-state index >= 15 is 0 Å². The van der Waals surface area contributed by atoms with Crippen LogP contribution in [-0.4, -0.2) is 23.5 Å². The fraction of sp³-hybridized carbons (Fsp3) is 0.467. The highest BCUT2D eigenvalue weighted by Gasteiger charge is 2.34. The quantitative estimate of drug-likeness (QED) is 0.793. The second-order valence-electron chi connectivity index (χ2n) is 5.46. The minimum atomic E-state index is -4.47. The second kappa shape index (κ2) is 6.81. The number of carboxylic acid groups (broad SMARTS) is 1. The Bertz CT molecular complexity index is 553. The predicted octanol–water partition coefficient (Wildman–Crippen LogP) is 2.96. The van der Waals surface area contributed by atoms with E-state index in [2.05, 4.69) is 5.32 Å². The van der Waals surface area contributed by atoms with Gasteiger partial charge in [-0.3, -0.25) is 9.59 Å². The Balaban J connectivity index is 2.80. The number of alkyl halides is 3. The summed E-state index contributed by atoms with van der Waals surface area (Å²) in [4.78, 5) is 22.5. The molecule has 7 heteroatoms. The van der Waals surface area contributed by atoms with Crippen molar-refractivity contribution in [3.63, 3.8) is 0 Å². The average molecular weight is 317 g/mol. The summed E-state index contributed by atoms with van der Waals surface area (Å²) in [6.45, 7) is 3.21. The fourth-order valence-corrected chi connectivity index (χ4v) is 1.88. The number of nitrogens with one attached hydrogen (secondary N) is 1. The van der Waals surface area contributed by atoms with Gasteiger partial charge in [0.1, 0.15) is 0 Å². The predicted molar refractivity (Wildman–Crippen MR) is 74.3 cm³/mol. The Kier molecular flexibility index (Phi) is 5.57. The first-order chi connectivity index (χ1) is 10.0. The molecule has 122 valence electrons. The largest absolute Gasteiger partial charge is 0.481 e. The van der Waals surface area contributed by atoms with Crippen molar-refractivity contribution in [3.8, 4) is 0 Å². The van der Waals surface area contributed by atoms with Crippen LogP contribution in [0.1, 0.15) is 37.8 Å². The lowest BCUT2D eigenvalue weighted by molar-refractivity contribution is -0.138. The summed E-state index contributed by atoms with van der Waals surface area (Å²) in [6.07, 6.45) is -4.28. The second-order valence-corrected chi connectivity index (χ2v) is 5.46. The fourth-order valence-electron chi connectivity index (χ4n) is 1.88. The van der Waals surface area contributed by atoms with Crippen LogP contribution in [0.15, 0.2) is 24.3 Å². The molecule has 2 N–H and O–H groups in total. The van der Waals surface area contributed by atoms with Gasteiger partial charge in [0.05, 0.1) is 11.0 Å². The lowest BCUT2D eigenvalue weighted by Crippen LogP contribution is -2.40. The SMILES string of the molecule is CC(C)(C(=O)NCCCC(=O)O)c1cccc(C(F)(F)F)c1. The highest BCUT2D eigenvalue weighted by atomic mass is 19.4. The third-order valence-corrected chi connectivity index (χ3v) is 3.33. The maximum Gasteiger partial charge on any atom is 0.416 e. The van der Waals surface area contributed by atoms with Gasteiger partial charge in [-0.25, -0.2) is 0 Å². The summed E-state index contributed by atoms with van der Waals surface area (Å²) in [5, 5.41) is 11.1. The maximum atomic E-state index is 12.7. The molecule has 0 aromatic heterocycles. The van der Waals surface area contributed by atoms with Gasteiger partial charge in [-0.1, -0.05) is 18.2 Å². The van der Waals surface area contributed by atoms with E-state index in [0.717, 1.165) is 12.1 Å². The number of carbonyl (C=O) groups excluding carboxylic acids is 1. The number of hydrogen-bond donors (Lipinski definition) is 2. The molecule has 0 heterocycles. The van der Waals surface area contributed by atoms with Crippen LogP contribution in [0.4, 0.5) is 13.2 Å². The molecule has 1 aromatic carbocycles. The van der Waals surface area contributed by atoms with Crippen LogP contribution < -0.4 is 5.32 Å². The molecule has 0 saturated carbocycles. The number of carbonyl (C=O) groups is 2. The third-order valence-electron chi connectivity index (χ3n) is 3.33. The van der Waals surface area contributed by atoms with Gasteiger partial charge >= 0.3 is 12.1 Å². The molecule has 0 aliphatic rings. The van der Waals surface area contributed by atoms with E-state index in [-0.39, 0.29) is 24.9 Å². The molecule has 0 aliphatic carbocycles. The number of halogens is 3. The first-order valence-electron chi connectivity index (χ1n) is 6.73. The summed E-state index contributed by atoms with van der Waals surface area (Å²) in [5.41, 5.74) is -1.71. The molecule has 0 bridgehead atoms. The van der Waals surface area contributed by atoms with Crippen molar-refractivity contribution in [1.82, 2.24) is 5.32 Å². The summed E-state index contributed by atoms with van der Waals surface area (Å²) >= 11 is 0. The molecule has 0 spiro atoms. The van der Waals surface area contributed by atoms with Crippen LogP contribution >= 0.6 is 0 Å². The van der Waals surface area contributed by atoms with Crippen molar-refractivity contribution in [2.45, 2.75) is 38.3 Å². The van der Waals surface area contributed by atoms with Crippen LogP contribution in [0, 0.1) is 0 Å². The van der Waals surface area contributed by atoms with E-state index in [1.807, 2.05) is 0 Å². The highest BCUT2D eigenvalue weighted by Crippen LogP contribution is 2.32. The Morgan fingerprint density at radius 3 is 2.32 bits per heavy atom.